The molecule has 1 heterocycles. The number of carbonyl (C=O) groups is 1. The fraction of sp³-hybridized carbons (Fsp3) is 0.750. The summed E-state index contributed by atoms with van der Waals surface area (Å²) in [5.41, 5.74) is 1.26. The van der Waals surface area contributed by atoms with Gasteiger partial charge in [-0.15, -0.1) is 0 Å². The molecule has 0 aliphatic carbocycles. The van der Waals surface area contributed by atoms with Crippen LogP contribution in [0.1, 0.15) is 33.1 Å². The van der Waals surface area contributed by atoms with Gasteiger partial charge in [0.2, 0.25) is 0 Å². The number of ether oxygens (including phenoxy) is 3. The van der Waals surface area contributed by atoms with E-state index >= 15 is 0 Å². The van der Waals surface area contributed by atoms with E-state index in [-0.39, 0.29) is 12.4 Å². The quantitative estimate of drug-likeness (QED) is 0.533. The third kappa shape index (κ3) is 3.94. The number of carbonyl (C=O) groups excluding carboxylic acids is 1. The summed E-state index contributed by atoms with van der Waals surface area (Å²) in [6.45, 7) is 5.18. The van der Waals surface area contributed by atoms with Crippen LogP contribution < -0.4 is 0 Å². The molecule has 0 atom stereocenters. The maximum atomic E-state index is 11.3. The normalized spacial score (nSPS) is 18.2. The Balaban J connectivity index is 2.51. The van der Waals surface area contributed by atoms with Crippen molar-refractivity contribution in [2.75, 3.05) is 20.3 Å². The number of esters is 1. The number of hydrogen-bond donors (Lipinski definition) is 0. The minimum atomic E-state index is -0.765. The van der Waals surface area contributed by atoms with Gasteiger partial charge in [0.1, 0.15) is 0 Å². The molecule has 1 rings (SSSR count). The highest BCUT2D eigenvalue weighted by atomic mass is 16.7. The third-order valence-corrected chi connectivity index (χ3v) is 2.53. The Hall–Kier alpha value is -0.870. The Labute approximate surface area is 96.6 Å². The molecule has 0 aromatic rings. The molecule has 0 aromatic heterocycles. The van der Waals surface area contributed by atoms with Gasteiger partial charge >= 0.3 is 5.97 Å². The Morgan fingerprint density at radius 1 is 1.38 bits per heavy atom. The highest BCUT2D eigenvalue weighted by Crippen LogP contribution is 2.29. The van der Waals surface area contributed by atoms with Crippen molar-refractivity contribution in [2.45, 2.75) is 38.9 Å². The summed E-state index contributed by atoms with van der Waals surface area (Å²) in [6.07, 6.45) is 3.82. The van der Waals surface area contributed by atoms with E-state index in [0.29, 0.717) is 19.6 Å². The van der Waals surface area contributed by atoms with Crippen molar-refractivity contribution >= 4 is 5.97 Å². The van der Waals surface area contributed by atoms with Crippen LogP contribution in [0.5, 0.6) is 0 Å². The zero-order valence-corrected chi connectivity index (χ0v) is 10.2. The largest absolute Gasteiger partial charge is 0.469 e. The van der Waals surface area contributed by atoms with Crippen LogP contribution in [0.25, 0.3) is 0 Å². The van der Waals surface area contributed by atoms with Crippen molar-refractivity contribution in [3.05, 3.63) is 11.6 Å². The van der Waals surface area contributed by atoms with Crippen LogP contribution in [0.4, 0.5) is 0 Å². The van der Waals surface area contributed by atoms with Crippen LogP contribution in [-0.2, 0) is 19.0 Å². The van der Waals surface area contributed by atoms with Crippen molar-refractivity contribution < 1.29 is 19.0 Å². The van der Waals surface area contributed by atoms with Crippen LogP contribution >= 0.6 is 0 Å². The maximum absolute atomic E-state index is 11.3. The molecule has 4 nitrogen and oxygen atoms in total. The van der Waals surface area contributed by atoms with Crippen molar-refractivity contribution in [3.63, 3.8) is 0 Å². The lowest BCUT2D eigenvalue weighted by molar-refractivity contribution is -0.183. The molecule has 0 unspecified atom stereocenters. The van der Waals surface area contributed by atoms with E-state index in [1.165, 1.54) is 12.7 Å². The topological polar surface area (TPSA) is 44.8 Å². The first-order chi connectivity index (χ1) is 7.58. The van der Waals surface area contributed by atoms with Gasteiger partial charge in [-0.2, -0.15) is 0 Å². The molecule has 92 valence electrons. The average Bonchev–Trinajstić information content (AvgIpc) is 2.66. The minimum Gasteiger partial charge on any atom is -0.469 e. The summed E-state index contributed by atoms with van der Waals surface area (Å²) < 4.78 is 15.7. The average molecular weight is 228 g/mol. The standard InChI is InChI=1S/C12H20O4/c1-10(2)5-4-6-12(9-11(13)14-3)15-7-8-16-12/h5H,4,6-9H2,1-3H3. The summed E-state index contributed by atoms with van der Waals surface area (Å²) in [5, 5.41) is 0. The number of hydrogen-bond acceptors (Lipinski definition) is 4. The molecular formula is C12H20O4. The molecule has 0 radical (unpaired) electrons. The fourth-order valence-corrected chi connectivity index (χ4v) is 1.70. The molecule has 0 bridgehead atoms. The predicted molar refractivity (Wildman–Crippen MR) is 59.9 cm³/mol. The van der Waals surface area contributed by atoms with Gasteiger partial charge in [0.05, 0.1) is 26.7 Å². The molecule has 1 aliphatic heterocycles. The smallest absolute Gasteiger partial charge is 0.310 e. The SMILES string of the molecule is COC(=O)CC1(CCC=C(C)C)OCCO1. The molecule has 1 saturated heterocycles. The molecule has 0 aromatic carbocycles. The van der Waals surface area contributed by atoms with Gasteiger partial charge in [0.15, 0.2) is 5.79 Å². The van der Waals surface area contributed by atoms with Crippen LogP contribution in [0.3, 0.4) is 0 Å². The Bertz CT molecular complexity index is 260. The van der Waals surface area contributed by atoms with Gasteiger partial charge < -0.3 is 14.2 Å². The van der Waals surface area contributed by atoms with Gasteiger partial charge in [0.25, 0.3) is 0 Å². The van der Waals surface area contributed by atoms with Crippen molar-refractivity contribution in [1.29, 1.82) is 0 Å². The second-order valence-electron chi connectivity index (χ2n) is 4.18. The lowest BCUT2D eigenvalue weighted by Gasteiger charge is -2.25. The van der Waals surface area contributed by atoms with Crippen molar-refractivity contribution in [3.8, 4) is 0 Å². The molecule has 1 fully saturated rings. The summed E-state index contributed by atoms with van der Waals surface area (Å²) in [4.78, 5) is 11.3. The first kappa shape index (κ1) is 13.2. The molecule has 0 saturated carbocycles. The third-order valence-electron chi connectivity index (χ3n) is 2.53. The molecule has 0 N–H and O–H groups in total. The first-order valence-electron chi connectivity index (χ1n) is 5.56. The van der Waals surface area contributed by atoms with Crippen LogP contribution in [-0.4, -0.2) is 32.1 Å². The number of rotatable bonds is 5. The van der Waals surface area contributed by atoms with Gasteiger partial charge in [-0.1, -0.05) is 11.6 Å². The van der Waals surface area contributed by atoms with Crippen molar-refractivity contribution in [1.82, 2.24) is 0 Å². The minimum absolute atomic E-state index is 0.167. The highest BCUT2D eigenvalue weighted by Gasteiger charge is 2.38. The van der Waals surface area contributed by atoms with Gasteiger partial charge in [-0.25, -0.2) is 0 Å². The van der Waals surface area contributed by atoms with Crippen molar-refractivity contribution in [2.24, 2.45) is 0 Å². The van der Waals surface area contributed by atoms with E-state index in [1.54, 1.807) is 0 Å². The van der Waals surface area contributed by atoms with Crippen LogP contribution in [0.15, 0.2) is 11.6 Å². The molecule has 0 spiro atoms. The van der Waals surface area contributed by atoms with E-state index < -0.39 is 5.79 Å². The van der Waals surface area contributed by atoms with Crippen LogP contribution in [0, 0.1) is 0 Å². The van der Waals surface area contributed by atoms with E-state index in [0.717, 1.165) is 6.42 Å². The van der Waals surface area contributed by atoms with E-state index in [9.17, 15) is 4.79 Å². The van der Waals surface area contributed by atoms with Gasteiger partial charge in [-0.3, -0.25) is 4.79 Å². The summed E-state index contributed by atoms with van der Waals surface area (Å²) in [6, 6.07) is 0. The van der Waals surface area contributed by atoms with Crippen LogP contribution in [0.2, 0.25) is 0 Å². The lowest BCUT2D eigenvalue weighted by Crippen LogP contribution is -2.33. The zero-order valence-electron chi connectivity index (χ0n) is 10.2. The molecule has 16 heavy (non-hydrogen) atoms. The first-order valence-corrected chi connectivity index (χ1v) is 5.56. The lowest BCUT2D eigenvalue weighted by atomic mass is 10.1. The summed E-state index contributed by atoms with van der Waals surface area (Å²) in [5.74, 6) is -1.06. The number of allylic oxidation sites excluding steroid dienone is 2. The van der Waals surface area contributed by atoms with E-state index in [1.807, 2.05) is 13.8 Å². The highest BCUT2D eigenvalue weighted by molar-refractivity contribution is 5.70. The Morgan fingerprint density at radius 2 is 2.00 bits per heavy atom. The molecule has 0 amide bonds. The number of methoxy groups -OCH3 is 1. The summed E-state index contributed by atoms with van der Waals surface area (Å²) >= 11 is 0. The van der Waals surface area contributed by atoms with E-state index in [2.05, 4.69) is 10.8 Å². The second kappa shape index (κ2) is 6.01. The second-order valence-corrected chi connectivity index (χ2v) is 4.18. The molecular weight excluding hydrogens is 208 g/mol. The van der Waals surface area contributed by atoms with Gasteiger partial charge in [0, 0.05) is 6.42 Å². The summed E-state index contributed by atoms with van der Waals surface area (Å²) in [7, 11) is 1.38. The predicted octanol–water partition coefficient (Wildman–Crippen LogP) is 2.04. The van der Waals surface area contributed by atoms with E-state index in [4.69, 9.17) is 9.47 Å². The molecule has 4 heteroatoms. The Morgan fingerprint density at radius 3 is 2.50 bits per heavy atom. The van der Waals surface area contributed by atoms with Gasteiger partial charge in [-0.05, 0) is 20.3 Å². The Kier molecular flexibility index (Phi) is 4.96. The maximum Gasteiger partial charge on any atom is 0.310 e. The zero-order chi connectivity index (χ0) is 12.0. The monoisotopic (exact) mass is 228 g/mol. The molecule has 1 aliphatic rings. The fourth-order valence-electron chi connectivity index (χ4n) is 1.70.